The molecule has 2 N–H and O–H groups in total. The van der Waals surface area contributed by atoms with Crippen LogP contribution >= 0.6 is 0 Å². The third-order valence-corrected chi connectivity index (χ3v) is 3.59. The fourth-order valence-corrected chi connectivity index (χ4v) is 2.49. The smallest absolute Gasteiger partial charge is 0.276 e. The number of hydroxylamine groups is 1. The predicted molar refractivity (Wildman–Crippen MR) is 84.6 cm³/mol. The number of hydrogen-bond donors (Lipinski definition) is 2. The van der Waals surface area contributed by atoms with Crippen molar-refractivity contribution in [3.63, 3.8) is 0 Å². The van der Waals surface area contributed by atoms with Crippen LogP contribution in [0.4, 0.5) is 4.39 Å². The first-order valence-electron chi connectivity index (χ1n) is 7.11. The van der Waals surface area contributed by atoms with E-state index in [2.05, 4.69) is 0 Å². The summed E-state index contributed by atoms with van der Waals surface area (Å²) in [4.78, 5) is 11.9. The Labute approximate surface area is 132 Å². The van der Waals surface area contributed by atoms with Gasteiger partial charge in [-0.25, -0.2) is 9.87 Å². The second-order valence-corrected chi connectivity index (χ2v) is 5.19. The van der Waals surface area contributed by atoms with Crippen molar-refractivity contribution < 1.29 is 14.4 Å². The molecular weight excluding hydrogens is 295 g/mol. The molecule has 0 aliphatic carbocycles. The number of carbonyl (C=O) groups excluding carboxylic acids is 1. The third kappa shape index (κ3) is 3.30. The highest BCUT2D eigenvalue weighted by Crippen LogP contribution is 2.25. The van der Waals surface area contributed by atoms with Gasteiger partial charge in [0.25, 0.3) is 5.91 Å². The van der Waals surface area contributed by atoms with E-state index in [4.69, 9.17) is 5.21 Å². The number of nitrogens with one attached hydrogen (secondary N) is 1. The molecule has 23 heavy (non-hydrogen) atoms. The van der Waals surface area contributed by atoms with E-state index in [0.717, 1.165) is 16.7 Å². The van der Waals surface area contributed by atoms with Crippen LogP contribution in [0, 0.1) is 5.82 Å². The fourth-order valence-electron chi connectivity index (χ4n) is 2.49. The molecule has 1 aromatic heterocycles. The molecule has 0 aliphatic rings. The Balaban J connectivity index is 1.97. The summed E-state index contributed by atoms with van der Waals surface area (Å²) in [6, 6.07) is 15.6. The van der Waals surface area contributed by atoms with Gasteiger partial charge in [0.05, 0.1) is 5.56 Å². The summed E-state index contributed by atoms with van der Waals surface area (Å²) >= 11 is 0. The van der Waals surface area contributed by atoms with Gasteiger partial charge >= 0.3 is 0 Å². The van der Waals surface area contributed by atoms with Gasteiger partial charge in [-0.3, -0.25) is 10.0 Å². The molecule has 0 radical (unpaired) electrons. The molecule has 116 valence electrons. The van der Waals surface area contributed by atoms with Crippen LogP contribution in [-0.4, -0.2) is 15.7 Å². The first-order valence-corrected chi connectivity index (χ1v) is 7.11. The minimum absolute atomic E-state index is 0.286. The van der Waals surface area contributed by atoms with Crippen LogP contribution in [0.15, 0.2) is 67.0 Å². The highest BCUT2D eigenvalue weighted by Gasteiger charge is 2.15. The summed E-state index contributed by atoms with van der Waals surface area (Å²) in [7, 11) is 0. The number of carbonyl (C=O) groups is 1. The van der Waals surface area contributed by atoms with E-state index < -0.39 is 5.91 Å². The lowest BCUT2D eigenvalue weighted by Gasteiger charge is -2.03. The molecule has 0 saturated carbocycles. The normalized spacial score (nSPS) is 10.5. The van der Waals surface area contributed by atoms with E-state index >= 15 is 0 Å². The van der Waals surface area contributed by atoms with E-state index in [1.165, 1.54) is 12.1 Å². The summed E-state index contributed by atoms with van der Waals surface area (Å²) in [5.74, 6) is -0.853. The molecule has 0 fully saturated rings. The van der Waals surface area contributed by atoms with Crippen molar-refractivity contribution in [1.29, 1.82) is 0 Å². The van der Waals surface area contributed by atoms with Gasteiger partial charge in [0.1, 0.15) is 5.82 Å². The monoisotopic (exact) mass is 310 g/mol. The number of benzene rings is 2. The number of halogens is 1. The second-order valence-electron chi connectivity index (χ2n) is 5.19. The Morgan fingerprint density at radius 1 is 1.04 bits per heavy atom. The molecular formula is C18H15FN2O2. The largest absolute Gasteiger partial charge is 0.348 e. The van der Waals surface area contributed by atoms with Crippen LogP contribution in [0.5, 0.6) is 0 Å². The zero-order valence-electron chi connectivity index (χ0n) is 12.2. The minimum Gasteiger partial charge on any atom is -0.348 e. The molecule has 3 aromatic rings. The van der Waals surface area contributed by atoms with E-state index in [1.54, 1.807) is 23.8 Å². The maximum absolute atomic E-state index is 13.0. The fraction of sp³-hybridized carbons (Fsp3) is 0.0556. The number of rotatable bonds is 4. The van der Waals surface area contributed by atoms with Gasteiger partial charge in [0, 0.05) is 24.5 Å². The van der Waals surface area contributed by atoms with Crippen molar-refractivity contribution in [2.75, 3.05) is 0 Å². The molecule has 0 atom stereocenters. The average molecular weight is 310 g/mol. The van der Waals surface area contributed by atoms with E-state index in [-0.39, 0.29) is 5.82 Å². The molecule has 0 aliphatic heterocycles. The summed E-state index contributed by atoms with van der Waals surface area (Å²) in [6.45, 7) is 0.499. The number of nitrogens with zero attached hydrogens (tertiary/aromatic N) is 1. The molecule has 2 aromatic carbocycles. The standard InChI is InChI=1S/C18H15FN2O2/c19-15-8-6-13(7-9-15)10-21-11-16(14-4-2-1-3-5-14)17(12-21)18(22)20-23/h1-9,11-12,23H,10H2,(H,20,22). The predicted octanol–water partition coefficient (Wildman–Crippen LogP) is 3.46. The van der Waals surface area contributed by atoms with Crippen molar-refractivity contribution >= 4 is 5.91 Å². The van der Waals surface area contributed by atoms with Crippen molar-refractivity contribution in [3.05, 3.63) is 83.9 Å². The highest BCUT2D eigenvalue weighted by atomic mass is 19.1. The van der Waals surface area contributed by atoms with Crippen molar-refractivity contribution in [2.45, 2.75) is 6.54 Å². The van der Waals surface area contributed by atoms with Crippen LogP contribution in [0.2, 0.25) is 0 Å². The van der Waals surface area contributed by atoms with Crippen molar-refractivity contribution in [1.82, 2.24) is 10.0 Å². The first kappa shape index (κ1) is 15.0. The first-order chi connectivity index (χ1) is 11.2. The lowest BCUT2D eigenvalue weighted by atomic mass is 10.0. The summed E-state index contributed by atoms with van der Waals surface area (Å²) in [5, 5.41) is 8.94. The van der Waals surface area contributed by atoms with Crippen LogP contribution in [0.25, 0.3) is 11.1 Å². The molecule has 0 bridgehead atoms. The Morgan fingerprint density at radius 3 is 2.39 bits per heavy atom. The Kier molecular flexibility index (Phi) is 4.21. The summed E-state index contributed by atoms with van der Waals surface area (Å²) in [5.41, 5.74) is 4.56. The molecule has 1 heterocycles. The van der Waals surface area contributed by atoms with Crippen LogP contribution in [-0.2, 0) is 6.54 Å². The van der Waals surface area contributed by atoms with Crippen LogP contribution < -0.4 is 5.48 Å². The van der Waals surface area contributed by atoms with Crippen molar-refractivity contribution in [3.8, 4) is 11.1 Å². The van der Waals surface area contributed by atoms with Gasteiger partial charge in [-0.2, -0.15) is 0 Å². The number of hydrogen-bond acceptors (Lipinski definition) is 2. The van der Waals surface area contributed by atoms with Gasteiger partial charge in [0.15, 0.2) is 0 Å². The van der Waals surface area contributed by atoms with Gasteiger partial charge in [0.2, 0.25) is 0 Å². The van der Waals surface area contributed by atoms with Crippen molar-refractivity contribution in [2.24, 2.45) is 0 Å². The topological polar surface area (TPSA) is 54.3 Å². The molecule has 5 heteroatoms. The zero-order chi connectivity index (χ0) is 16.2. The maximum Gasteiger partial charge on any atom is 0.276 e. The van der Waals surface area contributed by atoms with E-state index in [0.29, 0.717) is 12.1 Å². The van der Waals surface area contributed by atoms with Crippen LogP contribution in [0.1, 0.15) is 15.9 Å². The molecule has 1 amide bonds. The van der Waals surface area contributed by atoms with E-state index in [1.807, 2.05) is 41.1 Å². The quantitative estimate of drug-likeness (QED) is 0.573. The number of aromatic nitrogens is 1. The highest BCUT2D eigenvalue weighted by molar-refractivity contribution is 6.00. The molecule has 0 saturated heterocycles. The van der Waals surface area contributed by atoms with Crippen LogP contribution in [0.3, 0.4) is 0 Å². The van der Waals surface area contributed by atoms with Gasteiger partial charge < -0.3 is 4.57 Å². The molecule has 0 spiro atoms. The second kappa shape index (κ2) is 6.46. The molecule has 3 rings (SSSR count). The Morgan fingerprint density at radius 2 is 1.74 bits per heavy atom. The summed E-state index contributed by atoms with van der Waals surface area (Å²) < 4.78 is 14.8. The summed E-state index contributed by atoms with van der Waals surface area (Å²) in [6.07, 6.45) is 3.50. The lowest BCUT2D eigenvalue weighted by Crippen LogP contribution is -2.18. The molecule has 0 unspecified atom stereocenters. The SMILES string of the molecule is O=C(NO)c1cn(Cc2ccc(F)cc2)cc1-c1ccccc1. The van der Waals surface area contributed by atoms with Gasteiger partial charge in [-0.15, -0.1) is 0 Å². The van der Waals surface area contributed by atoms with E-state index in [9.17, 15) is 9.18 Å². The number of amides is 1. The Hall–Kier alpha value is -2.92. The lowest BCUT2D eigenvalue weighted by molar-refractivity contribution is 0.0707. The molecule has 4 nitrogen and oxygen atoms in total. The Bertz CT molecular complexity index is 811. The maximum atomic E-state index is 13.0. The third-order valence-electron chi connectivity index (χ3n) is 3.59. The van der Waals surface area contributed by atoms with Gasteiger partial charge in [-0.1, -0.05) is 42.5 Å². The minimum atomic E-state index is -0.568. The van der Waals surface area contributed by atoms with Gasteiger partial charge in [-0.05, 0) is 23.3 Å². The average Bonchev–Trinajstić information content (AvgIpc) is 3.01. The zero-order valence-corrected chi connectivity index (χ0v) is 12.2.